The van der Waals surface area contributed by atoms with Gasteiger partial charge in [-0.2, -0.15) is 0 Å². The van der Waals surface area contributed by atoms with Gasteiger partial charge in [-0.15, -0.1) is 22.7 Å². The van der Waals surface area contributed by atoms with Crippen LogP contribution in [0.15, 0.2) is 7.57 Å². The third-order valence-electron chi connectivity index (χ3n) is 12.6. The van der Waals surface area contributed by atoms with Gasteiger partial charge in [-0.25, -0.2) is 0 Å². The van der Waals surface area contributed by atoms with E-state index in [0.717, 1.165) is 11.8 Å². The van der Waals surface area contributed by atoms with E-state index < -0.39 is 0 Å². The van der Waals surface area contributed by atoms with Crippen molar-refractivity contribution in [3.8, 4) is 0 Å². The molecular formula is C50H90Br2S2. The van der Waals surface area contributed by atoms with Crippen LogP contribution < -0.4 is 0 Å². The normalized spacial score (nSPS) is 13.1. The Balaban J connectivity index is 1.97. The van der Waals surface area contributed by atoms with Crippen molar-refractivity contribution >= 4 is 63.9 Å². The summed E-state index contributed by atoms with van der Waals surface area (Å²) >= 11 is 12.3. The van der Waals surface area contributed by atoms with Gasteiger partial charge in [0.05, 0.1) is 17.0 Å². The lowest BCUT2D eigenvalue weighted by Gasteiger charge is -2.17. The highest BCUT2D eigenvalue weighted by Crippen LogP contribution is 2.47. The maximum atomic E-state index is 4.11. The Morgan fingerprint density at radius 3 is 0.778 bits per heavy atom. The van der Waals surface area contributed by atoms with Crippen LogP contribution in [0.1, 0.15) is 270 Å². The van der Waals surface area contributed by atoms with E-state index in [-0.39, 0.29) is 0 Å². The first-order valence-corrected chi connectivity index (χ1v) is 27.6. The van der Waals surface area contributed by atoms with E-state index in [1.54, 1.807) is 20.5 Å². The first-order valence-electron chi connectivity index (χ1n) is 24.4. The first kappa shape index (κ1) is 50.8. The summed E-state index contributed by atoms with van der Waals surface area (Å²) in [5, 5.41) is 0. The minimum atomic E-state index is 0.897. The topological polar surface area (TPSA) is 0 Å². The van der Waals surface area contributed by atoms with Crippen molar-refractivity contribution in [2.45, 2.75) is 272 Å². The molecule has 4 heteroatoms. The van der Waals surface area contributed by atoms with Gasteiger partial charge in [-0.05, 0) is 80.5 Å². The molecule has 2 aromatic heterocycles. The minimum Gasteiger partial charge on any atom is -0.127 e. The summed E-state index contributed by atoms with van der Waals surface area (Å²) in [6.07, 6.45) is 54.1. The molecule has 0 radical (unpaired) electrons. The van der Waals surface area contributed by atoms with Crippen LogP contribution in [-0.4, -0.2) is 0 Å². The van der Waals surface area contributed by atoms with Gasteiger partial charge in [0.25, 0.3) is 0 Å². The van der Waals surface area contributed by atoms with Crippen LogP contribution in [-0.2, 0) is 12.8 Å². The molecule has 0 amide bonds. The van der Waals surface area contributed by atoms with Gasteiger partial charge < -0.3 is 0 Å². The van der Waals surface area contributed by atoms with Crippen molar-refractivity contribution in [1.29, 1.82) is 0 Å². The fraction of sp³-hybridized carbons (Fsp3) is 0.880. The SMILES string of the molecule is CCCCCCCCCCC(CCCCCCCCC)CCc1c(Br)sc2c(CCC(CCCCCCCCC)CCCCCCCCCC)c(Br)sc12. The monoisotopic (exact) mass is 912 g/mol. The molecule has 0 aromatic carbocycles. The Hall–Kier alpha value is 0.620. The van der Waals surface area contributed by atoms with Gasteiger partial charge in [-0.3, -0.25) is 0 Å². The number of hydrogen-bond acceptors (Lipinski definition) is 2. The molecule has 0 saturated heterocycles. The van der Waals surface area contributed by atoms with E-state index in [1.807, 2.05) is 0 Å². The molecule has 0 aliphatic heterocycles. The number of unbranched alkanes of at least 4 members (excludes halogenated alkanes) is 26. The van der Waals surface area contributed by atoms with Crippen LogP contribution in [0.5, 0.6) is 0 Å². The average molecular weight is 915 g/mol. The van der Waals surface area contributed by atoms with Crippen LogP contribution in [0, 0.1) is 11.8 Å². The lowest BCUT2D eigenvalue weighted by atomic mass is 9.89. The van der Waals surface area contributed by atoms with Crippen LogP contribution in [0.2, 0.25) is 0 Å². The van der Waals surface area contributed by atoms with Gasteiger partial charge in [0.1, 0.15) is 0 Å². The van der Waals surface area contributed by atoms with Crippen LogP contribution in [0.3, 0.4) is 0 Å². The summed E-state index contributed by atoms with van der Waals surface area (Å²) in [5.74, 6) is 1.79. The summed E-state index contributed by atoms with van der Waals surface area (Å²) in [6, 6.07) is 0. The zero-order chi connectivity index (χ0) is 38.9. The summed E-state index contributed by atoms with van der Waals surface area (Å²) in [5.41, 5.74) is 3.26. The maximum absolute atomic E-state index is 4.11. The van der Waals surface area contributed by atoms with Crippen LogP contribution in [0.25, 0.3) is 9.40 Å². The Morgan fingerprint density at radius 1 is 0.315 bits per heavy atom. The quantitative estimate of drug-likeness (QED) is 0.0585. The van der Waals surface area contributed by atoms with Crippen molar-refractivity contribution in [2.75, 3.05) is 0 Å². The highest BCUT2D eigenvalue weighted by Gasteiger charge is 2.21. The van der Waals surface area contributed by atoms with Crippen molar-refractivity contribution < 1.29 is 0 Å². The van der Waals surface area contributed by atoms with E-state index in [9.17, 15) is 0 Å². The molecule has 2 heterocycles. The Kier molecular flexibility index (Phi) is 33.4. The number of rotatable bonds is 40. The molecule has 0 aliphatic carbocycles. The fourth-order valence-corrected chi connectivity index (χ4v) is 13.4. The summed E-state index contributed by atoms with van der Waals surface area (Å²) < 4.78 is 6.06. The van der Waals surface area contributed by atoms with E-state index >= 15 is 0 Å². The van der Waals surface area contributed by atoms with Gasteiger partial charge >= 0.3 is 0 Å². The molecule has 0 aliphatic rings. The molecule has 0 spiro atoms. The molecular weight excluding hydrogens is 824 g/mol. The predicted molar refractivity (Wildman–Crippen MR) is 258 cm³/mol. The van der Waals surface area contributed by atoms with Crippen LogP contribution in [0.4, 0.5) is 0 Å². The number of halogens is 2. The highest BCUT2D eigenvalue weighted by molar-refractivity contribution is 9.11. The van der Waals surface area contributed by atoms with Crippen molar-refractivity contribution in [2.24, 2.45) is 11.8 Å². The van der Waals surface area contributed by atoms with E-state index in [2.05, 4.69) is 82.2 Å². The zero-order valence-electron chi connectivity index (χ0n) is 36.6. The Bertz CT molecular complexity index is 1020. The molecule has 0 nitrogen and oxygen atoms in total. The van der Waals surface area contributed by atoms with Crippen molar-refractivity contribution in [1.82, 2.24) is 0 Å². The fourth-order valence-electron chi connectivity index (χ4n) is 8.87. The number of hydrogen-bond donors (Lipinski definition) is 0. The predicted octanol–water partition coefficient (Wildman–Crippen LogP) is 20.9. The van der Waals surface area contributed by atoms with Crippen molar-refractivity contribution in [3.63, 3.8) is 0 Å². The van der Waals surface area contributed by atoms with Gasteiger partial charge in [-0.1, -0.05) is 246 Å². The van der Waals surface area contributed by atoms with E-state index in [4.69, 9.17) is 0 Å². The molecule has 2 aromatic rings. The number of thiophene rings is 2. The minimum absolute atomic E-state index is 0.897. The summed E-state index contributed by atoms with van der Waals surface area (Å²) in [7, 11) is 0. The van der Waals surface area contributed by atoms with Crippen LogP contribution >= 0.6 is 54.5 Å². The maximum Gasteiger partial charge on any atom is 0.0751 e. The molecule has 316 valence electrons. The van der Waals surface area contributed by atoms with E-state index in [1.165, 1.54) is 252 Å². The standard InChI is InChI=1S/C50H90Br2S2/c1-5-9-13-17-21-25-29-33-37-43(35-31-27-23-19-15-11-7-3)39-41-45-47-48(54-49(45)51)46(50(52)53-47)42-40-44(36-32-28-24-20-16-12-8-4)38-34-30-26-22-18-14-10-6-2/h43-44H,5-42H2,1-4H3. The lowest BCUT2D eigenvalue weighted by Crippen LogP contribution is -2.03. The smallest absolute Gasteiger partial charge is 0.0751 e. The van der Waals surface area contributed by atoms with Gasteiger partial charge in [0.15, 0.2) is 0 Å². The first-order chi connectivity index (χ1) is 26.5. The number of aryl methyl sites for hydroxylation is 2. The molecule has 0 saturated carbocycles. The van der Waals surface area contributed by atoms with E-state index in [0.29, 0.717) is 0 Å². The lowest BCUT2D eigenvalue weighted by molar-refractivity contribution is 0.380. The molecule has 0 bridgehead atoms. The Morgan fingerprint density at radius 2 is 0.537 bits per heavy atom. The molecule has 54 heavy (non-hydrogen) atoms. The second-order valence-corrected chi connectivity index (χ2v) is 22.2. The molecule has 2 rings (SSSR count). The summed E-state index contributed by atoms with van der Waals surface area (Å²) in [4.78, 5) is 0. The van der Waals surface area contributed by atoms with Crippen molar-refractivity contribution in [3.05, 3.63) is 18.7 Å². The molecule has 2 atom stereocenters. The Labute approximate surface area is 363 Å². The highest BCUT2D eigenvalue weighted by atomic mass is 79.9. The van der Waals surface area contributed by atoms with Gasteiger partial charge in [0, 0.05) is 0 Å². The number of fused-ring (bicyclic) bond motifs is 1. The third-order valence-corrected chi connectivity index (χ3v) is 16.8. The average Bonchev–Trinajstić information content (AvgIpc) is 3.64. The van der Waals surface area contributed by atoms with Gasteiger partial charge in [0.2, 0.25) is 0 Å². The molecule has 0 fully saturated rings. The summed E-state index contributed by atoms with van der Waals surface area (Å²) in [6.45, 7) is 9.32. The second-order valence-electron chi connectivity index (χ2n) is 17.5. The third kappa shape index (κ3) is 23.9. The second kappa shape index (κ2) is 35.6. The zero-order valence-corrected chi connectivity index (χ0v) is 41.4. The largest absolute Gasteiger partial charge is 0.127 e. The molecule has 0 N–H and O–H groups in total. The molecule has 2 unspecified atom stereocenters.